The largest absolute Gasteiger partial charge is 0.388 e. The van der Waals surface area contributed by atoms with Crippen molar-refractivity contribution >= 4 is 135 Å². The first-order valence-electron chi connectivity index (χ1n) is 43.7. The maximum atomic E-state index is 11.1. The molecule has 1 saturated heterocycles. The highest BCUT2D eigenvalue weighted by Crippen LogP contribution is 2.57. The lowest BCUT2D eigenvalue weighted by atomic mass is 9.62. The number of halogens is 6. The van der Waals surface area contributed by atoms with Gasteiger partial charge in [0.05, 0.1) is 99.8 Å². The van der Waals surface area contributed by atoms with Gasteiger partial charge < -0.3 is 30.4 Å². The Kier molecular flexibility index (Phi) is 26.3. The summed E-state index contributed by atoms with van der Waals surface area (Å²) in [6.45, 7) is 16.4. The van der Waals surface area contributed by atoms with Gasteiger partial charge in [0.1, 0.15) is 0 Å². The van der Waals surface area contributed by atoms with Crippen LogP contribution in [0.5, 0.6) is 0 Å². The van der Waals surface area contributed by atoms with Crippen LogP contribution in [0.25, 0.3) is 65.4 Å². The average molecular weight is 1740 g/mol. The van der Waals surface area contributed by atoms with Crippen molar-refractivity contribution in [1.29, 1.82) is 0 Å². The van der Waals surface area contributed by atoms with E-state index in [9.17, 15) is 25.5 Å². The van der Waals surface area contributed by atoms with Gasteiger partial charge in [0, 0.05) is 102 Å². The van der Waals surface area contributed by atoms with E-state index in [2.05, 4.69) is 119 Å². The fraction of sp³-hybridized carbons (Fsp3) is 0.500. The van der Waals surface area contributed by atoms with Crippen LogP contribution in [0.2, 0.25) is 30.1 Å². The van der Waals surface area contributed by atoms with Crippen LogP contribution >= 0.6 is 69.6 Å². The molecule has 5 unspecified atom stereocenters. The number of fused-ring (bicyclic) bond motifs is 6. The van der Waals surface area contributed by atoms with Crippen LogP contribution in [0, 0.1) is 58.2 Å². The Morgan fingerprint density at radius 3 is 1.21 bits per heavy atom. The summed E-state index contributed by atoms with van der Waals surface area (Å²) in [6.07, 6.45) is 36.0. The molecule has 11 N–H and O–H groups in total. The lowest BCUT2D eigenvalue weighted by Gasteiger charge is -2.45. The second-order valence-electron chi connectivity index (χ2n) is 37.6. The Bertz CT molecular complexity index is 5610. The molecule has 0 bridgehead atoms. The molecule has 5 atom stereocenters. The minimum Gasteiger partial charge on any atom is -0.388 e. The lowest BCUT2D eigenvalue weighted by Crippen LogP contribution is -2.40. The summed E-state index contributed by atoms with van der Waals surface area (Å²) in [5.41, 5.74) is 11.1. The molecule has 7 aromatic carbocycles. The number of benzene rings is 7. The fourth-order valence-corrected chi connectivity index (χ4v) is 22.3. The smallest absolute Gasteiger partial charge is 0.0929 e. The van der Waals surface area contributed by atoms with Crippen molar-refractivity contribution in [3.63, 3.8) is 0 Å². The lowest BCUT2D eigenvalue weighted by molar-refractivity contribution is -0.0538. The van der Waals surface area contributed by atoms with Crippen LogP contribution < -0.4 is 0 Å². The predicted molar refractivity (Wildman–Crippen MR) is 486 cm³/mol. The Labute approximate surface area is 732 Å². The van der Waals surface area contributed by atoms with Crippen LogP contribution in [0.4, 0.5) is 0 Å². The molecular formula is C96H115Cl6N13O5. The van der Waals surface area contributed by atoms with Crippen LogP contribution in [-0.2, 0) is 11.2 Å². The first-order chi connectivity index (χ1) is 57.7. The standard InChI is InChI=1S/C17H21ClN2O.C17H15ClN2O.C17H23ClN2.C16H22ClN3O.C15H17ClN2O.C14H17ClN2O/c18-13-7-12-9-19-20-16(12)14(8-13)17(21)15(10-3-1-4-10)11-5-2-6-11;18-14-6-12-10-19-20-16(12)15(7-14)17(21)8-13(9-17)11-4-2-1-3-5-11;1-11(17(2,3)13-6-4-5-7-13)15-9-14(18)8-12-10-19-20-16(12)15;1-16(2,10-20-5-3-4-6-20)15(21)13-8-12(17)7-11-9-18-19-14(11)13;16-11-5-10-7-17-18-14(10)12(6-11)15(19)13(8-1-2-8)9-3-4-9;1-14(18,10-4-2-3-5-10)12-7-11(15)6-9-8-16-17-13(9)12/h7-11,15,17,21H,1-6H2,(H,19,20);1-7,10,13,21H,8-9H2,(H,19,20);8-11,13H,4-7H2,1-3H3,(H,19,20);7-9,15,21H,3-6,10H2,1-2H3,(H,18,19);5-9,13,15,19H,1-4H2,(H,17,18);6-8,10,18H,2-5H2,1H3,(H,16,17). The van der Waals surface area contributed by atoms with Crippen molar-refractivity contribution in [3.8, 4) is 0 Å². The van der Waals surface area contributed by atoms with Gasteiger partial charge in [-0.25, -0.2) is 0 Å². The number of aliphatic hydroxyl groups excluding tert-OH is 3. The molecular weight excluding hydrogens is 1630 g/mol. The van der Waals surface area contributed by atoms with Crippen LogP contribution in [0.15, 0.2) is 140 Å². The number of rotatable bonds is 19. The molecule has 6 aromatic heterocycles. The van der Waals surface area contributed by atoms with E-state index in [4.69, 9.17) is 69.6 Å². The van der Waals surface area contributed by atoms with E-state index in [0.717, 1.165) is 137 Å². The minimum atomic E-state index is -0.841. The van der Waals surface area contributed by atoms with Crippen molar-refractivity contribution < 1.29 is 25.5 Å². The van der Waals surface area contributed by atoms with Gasteiger partial charge in [-0.15, -0.1) is 0 Å². The number of hydrogen-bond donors (Lipinski definition) is 11. The summed E-state index contributed by atoms with van der Waals surface area (Å²) in [5, 5.41) is 107. The number of likely N-dealkylation sites (tertiary alicyclic amines) is 1. The van der Waals surface area contributed by atoms with Crippen molar-refractivity contribution in [2.24, 2.45) is 58.2 Å². The monoisotopic (exact) mass is 1740 g/mol. The molecule has 8 fully saturated rings. The first kappa shape index (κ1) is 86.4. The fourth-order valence-electron chi connectivity index (χ4n) is 20.9. The molecule has 21 rings (SSSR count). The van der Waals surface area contributed by atoms with Crippen molar-refractivity contribution in [1.82, 2.24) is 66.1 Å². The Hall–Kier alpha value is -7.14. The number of aliphatic hydroxyl groups is 5. The third kappa shape index (κ3) is 18.8. The van der Waals surface area contributed by atoms with Gasteiger partial charge in [0.25, 0.3) is 0 Å². The zero-order valence-electron chi connectivity index (χ0n) is 69.6. The zero-order chi connectivity index (χ0) is 83.9. The molecule has 13 aromatic rings. The van der Waals surface area contributed by atoms with Crippen molar-refractivity contribution in [3.05, 3.63) is 209 Å². The summed E-state index contributed by atoms with van der Waals surface area (Å²) >= 11 is 37.2. The van der Waals surface area contributed by atoms with Crippen LogP contribution in [0.3, 0.4) is 0 Å². The Morgan fingerprint density at radius 1 is 0.417 bits per heavy atom. The quantitative estimate of drug-likeness (QED) is 0.0361. The summed E-state index contributed by atoms with van der Waals surface area (Å²) in [7, 11) is 0. The first-order valence-corrected chi connectivity index (χ1v) is 46.0. The number of H-pyrrole nitrogens is 6. The Morgan fingerprint density at radius 2 is 0.775 bits per heavy atom. The molecule has 24 heteroatoms. The van der Waals surface area contributed by atoms with E-state index >= 15 is 0 Å². The number of aromatic amines is 6. The van der Waals surface area contributed by atoms with Gasteiger partial charge in [-0.1, -0.05) is 199 Å². The third-order valence-corrected chi connectivity index (χ3v) is 30.1. The van der Waals surface area contributed by atoms with Crippen LogP contribution in [0.1, 0.15) is 252 Å². The molecule has 18 nitrogen and oxygen atoms in total. The topological polar surface area (TPSA) is 276 Å². The van der Waals surface area contributed by atoms with E-state index in [1.807, 2.05) is 98.0 Å². The summed E-state index contributed by atoms with van der Waals surface area (Å²) < 4.78 is 0. The second kappa shape index (κ2) is 36.6. The molecule has 8 aliphatic rings. The number of hydrogen-bond acceptors (Lipinski definition) is 12. The van der Waals surface area contributed by atoms with Gasteiger partial charge in [-0.3, -0.25) is 30.6 Å². The molecule has 1 aliphatic heterocycles. The van der Waals surface area contributed by atoms with E-state index < -0.39 is 29.5 Å². The number of aromatic nitrogens is 12. The van der Waals surface area contributed by atoms with Gasteiger partial charge >= 0.3 is 0 Å². The van der Waals surface area contributed by atoms with Gasteiger partial charge in [-0.05, 0) is 246 Å². The zero-order valence-corrected chi connectivity index (χ0v) is 74.1. The maximum Gasteiger partial charge on any atom is 0.0929 e. The highest BCUT2D eigenvalue weighted by molar-refractivity contribution is 6.33. The third-order valence-electron chi connectivity index (χ3n) is 28.8. The second-order valence-corrected chi connectivity index (χ2v) is 40.2. The molecule has 0 amide bonds. The SMILES string of the molecule is CC(C)(CN1CCCC1)C(O)c1cc(Cl)cc2cn[nH]c12.CC(O)(c1cc(Cl)cc2cn[nH]c12)C1CCCC1.CC(c1cc(Cl)cc2cn[nH]c12)C(C)(C)C1CCCC1.OC(c1cc(Cl)cc2cn[nH]c12)C(C1CC1)C1CC1.OC(c1cc(Cl)cc2cn[nH]c12)C(C1CCC1)C1CCC1.OC1(c2cc(Cl)cc3cn[nH]c23)CC(c2ccccc2)C1. The summed E-state index contributed by atoms with van der Waals surface area (Å²) in [5.74, 6) is 5.56. The summed E-state index contributed by atoms with van der Waals surface area (Å²) in [6, 6.07) is 33.2. The average Bonchev–Trinajstić information content (AvgIpc) is 1.16. The predicted octanol–water partition coefficient (Wildman–Crippen LogP) is 24.7. The van der Waals surface area contributed by atoms with Gasteiger partial charge in [-0.2, -0.15) is 30.6 Å². The summed E-state index contributed by atoms with van der Waals surface area (Å²) in [4.78, 5) is 2.43. The molecule has 7 saturated carbocycles. The molecule has 0 spiro atoms. The highest BCUT2D eigenvalue weighted by Gasteiger charge is 2.49. The van der Waals surface area contributed by atoms with Gasteiger partial charge in [0.2, 0.25) is 0 Å². The van der Waals surface area contributed by atoms with E-state index in [0.29, 0.717) is 96.6 Å². The maximum absolute atomic E-state index is 11.1. The van der Waals surface area contributed by atoms with Gasteiger partial charge in [0.15, 0.2) is 0 Å². The number of nitrogens with zero attached hydrogens (tertiary/aromatic N) is 7. The van der Waals surface area contributed by atoms with E-state index in [1.54, 1.807) is 31.0 Å². The molecule has 0 radical (unpaired) electrons. The van der Waals surface area contributed by atoms with Crippen molar-refractivity contribution in [2.45, 2.75) is 224 Å². The Balaban J connectivity index is 0.000000107. The van der Waals surface area contributed by atoms with Crippen molar-refractivity contribution in [2.75, 3.05) is 19.6 Å². The minimum absolute atomic E-state index is 0.243. The molecule has 7 heterocycles. The highest BCUT2D eigenvalue weighted by atomic mass is 35.5. The molecule has 7 aliphatic carbocycles. The van der Waals surface area contributed by atoms with E-state index in [1.165, 1.54) is 127 Å². The van der Waals surface area contributed by atoms with Crippen LogP contribution in [-0.4, -0.2) is 111 Å². The molecule has 636 valence electrons. The molecule has 120 heavy (non-hydrogen) atoms. The number of nitrogens with one attached hydrogen (secondary N) is 6. The van der Waals surface area contributed by atoms with E-state index in [-0.39, 0.29) is 5.41 Å². The normalized spacial score (nSPS) is 20.9.